The molecule has 2 nitrogen and oxygen atoms in total. The maximum absolute atomic E-state index is 11.0. The van der Waals surface area contributed by atoms with Crippen LogP contribution in [-0.2, 0) is 9.84 Å². The summed E-state index contributed by atoms with van der Waals surface area (Å²) in [5, 5.41) is 0. The van der Waals surface area contributed by atoms with Crippen molar-refractivity contribution >= 4 is 34.9 Å². The van der Waals surface area contributed by atoms with E-state index in [0.717, 1.165) is 6.26 Å². The van der Waals surface area contributed by atoms with E-state index in [9.17, 15) is 8.42 Å². The first-order chi connectivity index (χ1) is 5.02. The summed E-state index contributed by atoms with van der Waals surface area (Å²) < 4.78 is 22.0. The lowest BCUT2D eigenvalue weighted by atomic mass is 10.4. The summed E-state index contributed by atoms with van der Waals surface area (Å²) in [6, 6.07) is 6.49. The highest BCUT2D eigenvalue weighted by Crippen LogP contribution is 2.17. The zero-order chi connectivity index (χ0) is 8.48. The molecule has 16 heavy (non-hydrogen) atoms. The minimum atomic E-state index is -3.14. The van der Waals surface area contributed by atoms with E-state index >= 15 is 0 Å². The Kier molecular flexibility index (Phi) is 20.1. The zero-order valence-corrected chi connectivity index (χ0v) is 10.4. The van der Waals surface area contributed by atoms with E-state index in [-0.39, 0.29) is 36.1 Å². The van der Waals surface area contributed by atoms with Crippen LogP contribution in [0.3, 0.4) is 0 Å². The molecule has 0 atom stereocenters. The van der Waals surface area contributed by atoms with Crippen LogP contribution in [0.5, 0.6) is 0 Å². The molecular weight excluding hydrogens is 292 g/mol. The molecule has 99 valence electrons. The number of rotatable bonds is 1. The van der Waals surface area contributed by atoms with Crippen molar-refractivity contribution in [2.24, 2.45) is 0 Å². The Morgan fingerprint density at radius 1 is 1.00 bits per heavy atom. The van der Waals surface area contributed by atoms with Crippen molar-refractivity contribution in [2.45, 2.75) is 9.79 Å². The Morgan fingerprint density at radius 2 is 1.38 bits per heavy atom. The molecule has 9 heteroatoms. The summed E-state index contributed by atoms with van der Waals surface area (Å²) in [6.45, 7) is 0. The van der Waals surface area contributed by atoms with Crippen LogP contribution >= 0.6 is 25.0 Å². The second-order valence-electron chi connectivity index (χ2n) is 2.22. The van der Waals surface area contributed by atoms with Crippen molar-refractivity contribution in [1.29, 1.82) is 0 Å². The Balaban J connectivity index is -0.0000000807. The first-order valence-electron chi connectivity index (χ1n) is 2.98. The fraction of sp³-hybridized carbons (Fsp3) is 0.143. The molecule has 1 rings (SSSR count). The minimum Gasteiger partial charge on any atom is -0.269 e. The zero-order valence-electron chi connectivity index (χ0n) is 7.98. The summed E-state index contributed by atoms with van der Waals surface area (Å²) >= 11 is 4.82. The van der Waals surface area contributed by atoms with Crippen LogP contribution in [0.4, 0.5) is 18.8 Å². The standard InChI is InChI=1S/C7H7O2S2.ClH.4FH/c1-11(8,9)7-5-3-2-4-6(7)10;;;;;/h2-5H,1H3;5*1H. The highest BCUT2D eigenvalue weighted by atomic mass is 35.5. The Morgan fingerprint density at radius 3 is 1.62 bits per heavy atom. The second kappa shape index (κ2) is 10.9. The lowest BCUT2D eigenvalue weighted by Gasteiger charge is -1.98. The van der Waals surface area contributed by atoms with E-state index in [4.69, 9.17) is 12.6 Å². The van der Waals surface area contributed by atoms with E-state index < -0.39 is 9.84 Å². The smallest absolute Gasteiger partial charge is 0.176 e. The third kappa shape index (κ3) is 7.66. The number of benzene rings is 1. The lowest BCUT2D eigenvalue weighted by Crippen LogP contribution is -1.97. The second-order valence-corrected chi connectivity index (χ2v) is 4.64. The van der Waals surface area contributed by atoms with Crippen LogP contribution in [0.15, 0.2) is 34.1 Å². The van der Waals surface area contributed by atoms with Gasteiger partial charge in [-0.15, -0.1) is 12.4 Å². The highest BCUT2D eigenvalue weighted by Gasteiger charge is 2.09. The van der Waals surface area contributed by atoms with Gasteiger partial charge in [-0.05, 0) is 12.1 Å². The first kappa shape index (κ1) is 29.5. The van der Waals surface area contributed by atoms with Gasteiger partial charge >= 0.3 is 0 Å². The van der Waals surface area contributed by atoms with Gasteiger partial charge in [0.15, 0.2) is 9.84 Å². The third-order valence-electron chi connectivity index (χ3n) is 1.25. The molecule has 0 unspecified atom stereocenters. The first-order valence-corrected chi connectivity index (χ1v) is 5.28. The van der Waals surface area contributed by atoms with Crippen molar-refractivity contribution < 1.29 is 27.2 Å². The van der Waals surface area contributed by atoms with Crippen LogP contribution in [-0.4, -0.2) is 14.7 Å². The molecule has 0 aliphatic heterocycles. The molecule has 0 fully saturated rings. The maximum Gasteiger partial charge on any atom is 0.176 e. The SMILES string of the molecule is CS(=O)(=O)c1ccccc1[S].Cl.F.F.F.F. The third-order valence-corrected chi connectivity index (χ3v) is 2.89. The van der Waals surface area contributed by atoms with E-state index in [1.807, 2.05) is 0 Å². The topological polar surface area (TPSA) is 34.1 Å². The lowest BCUT2D eigenvalue weighted by molar-refractivity contribution is 0.600. The minimum absolute atomic E-state index is 0. The van der Waals surface area contributed by atoms with Crippen LogP contribution in [0, 0.1) is 0 Å². The summed E-state index contributed by atoms with van der Waals surface area (Å²) in [4.78, 5) is 0.616. The van der Waals surface area contributed by atoms with Crippen LogP contribution < -0.4 is 0 Å². The van der Waals surface area contributed by atoms with Crippen LogP contribution in [0.2, 0.25) is 0 Å². The van der Waals surface area contributed by atoms with Gasteiger partial charge < -0.3 is 0 Å². The maximum atomic E-state index is 11.0. The van der Waals surface area contributed by atoms with Gasteiger partial charge in [0, 0.05) is 6.26 Å². The molecule has 0 saturated heterocycles. The molecule has 0 saturated carbocycles. The fourth-order valence-corrected chi connectivity index (χ4v) is 2.12. The molecule has 0 N–H and O–H groups in total. The van der Waals surface area contributed by atoms with Gasteiger partial charge in [0.25, 0.3) is 0 Å². The summed E-state index contributed by atoms with van der Waals surface area (Å²) in [5.41, 5.74) is 0. The van der Waals surface area contributed by atoms with Gasteiger partial charge in [0.05, 0.1) is 9.79 Å². The molecule has 0 aromatic heterocycles. The molecule has 1 aromatic rings. The van der Waals surface area contributed by atoms with E-state index in [2.05, 4.69) is 0 Å². The van der Waals surface area contributed by atoms with E-state index in [0.29, 0.717) is 4.90 Å². The number of hydrogen-bond acceptors (Lipinski definition) is 2. The molecular formula is C7H12ClF4O2S2. The highest BCUT2D eigenvalue weighted by molar-refractivity contribution is 7.91. The molecule has 0 heterocycles. The summed E-state index contributed by atoms with van der Waals surface area (Å²) in [6.07, 6.45) is 1.15. The predicted molar refractivity (Wildman–Crippen MR) is 62.7 cm³/mol. The number of hydrogen-bond donors (Lipinski definition) is 0. The van der Waals surface area contributed by atoms with Gasteiger partial charge in [-0.1, -0.05) is 24.8 Å². The average molecular weight is 304 g/mol. The van der Waals surface area contributed by atoms with Gasteiger partial charge in [0.2, 0.25) is 0 Å². The molecule has 1 aromatic carbocycles. The average Bonchev–Trinajstić information content (AvgIpc) is 1.86. The van der Waals surface area contributed by atoms with Gasteiger partial charge in [-0.2, -0.15) is 0 Å². The van der Waals surface area contributed by atoms with Gasteiger partial charge in [-0.3, -0.25) is 18.8 Å². The fourth-order valence-electron chi connectivity index (χ4n) is 0.756. The molecule has 1 radical (unpaired) electrons. The molecule has 0 bridgehead atoms. The van der Waals surface area contributed by atoms with Gasteiger partial charge in [0.1, 0.15) is 0 Å². The Bertz CT molecular complexity index is 372. The Labute approximate surface area is 103 Å². The van der Waals surface area contributed by atoms with Crippen molar-refractivity contribution in [3.05, 3.63) is 24.3 Å². The normalized spacial score (nSPS) is 7.81. The summed E-state index contributed by atoms with van der Waals surface area (Å²) in [5.74, 6) is 0. The monoisotopic (exact) mass is 303 g/mol. The van der Waals surface area contributed by atoms with E-state index in [1.54, 1.807) is 18.2 Å². The molecule has 0 aliphatic rings. The largest absolute Gasteiger partial charge is 0.269 e. The van der Waals surface area contributed by atoms with E-state index in [1.165, 1.54) is 6.07 Å². The molecule has 0 amide bonds. The quantitative estimate of drug-likeness (QED) is 0.748. The number of sulfone groups is 1. The Hall–Kier alpha value is -0.600. The van der Waals surface area contributed by atoms with Crippen molar-refractivity contribution in [1.82, 2.24) is 0 Å². The predicted octanol–water partition coefficient (Wildman–Crippen LogP) is 2.68. The van der Waals surface area contributed by atoms with Crippen molar-refractivity contribution in [2.75, 3.05) is 6.26 Å². The van der Waals surface area contributed by atoms with Crippen molar-refractivity contribution in [3.63, 3.8) is 0 Å². The van der Waals surface area contributed by atoms with Crippen molar-refractivity contribution in [3.8, 4) is 0 Å². The number of halogens is 5. The van der Waals surface area contributed by atoms with Crippen LogP contribution in [0.25, 0.3) is 0 Å². The summed E-state index contributed by atoms with van der Waals surface area (Å²) in [7, 11) is -3.14. The van der Waals surface area contributed by atoms with Gasteiger partial charge in [-0.25, -0.2) is 8.42 Å². The van der Waals surface area contributed by atoms with Crippen LogP contribution in [0.1, 0.15) is 0 Å². The molecule has 0 spiro atoms. The molecule has 0 aliphatic carbocycles.